The van der Waals surface area contributed by atoms with Crippen molar-refractivity contribution in [1.82, 2.24) is 39.9 Å². The van der Waals surface area contributed by atoms with Gasteiger partial charge in [-0.05, 0) is 226 Å². The third-order valence-electron chi connectivity index (χ3n) is 21.2. The van der Waals surface area contributed by atoms with E-state index in [0.29, 0.717) is 16.6 Å². The van der Waals surface area contributed by atoms with E-state index in [0.717, 1.165) is 265 Å². The lowest BCUT2D eigenvalue weighted by Gasteiger charge is -2.38. The molecule has 4 aliphatic heterocycles. The quantitative estimate of drug-likeness (QED) is 0.0367. The SMILES string of the molecule is CCCCCc1c2nc(c(C#Cc3ccc(C#Cc4c5ccc([nH]5)c(CCCCC)c5nc(c(C#Cc6ccc(C#C[Si](C(C)C)(C(C)C)C(C)C)cc6)c6nc(c(CCCCC)c7ccc4[nH]7)C=C6)C=C5)cc3)c3nc(c(CCCCC)c4ccc([nH]4)c(C#Cc4ccccc4)c4ccc1[nH]4)C=C3)C=C2. The van der Waals surface area contributed by atoms with Gasteiger partial charge in [0.05, 0.1) is 89.9 Å². The molecule has 0 saturated heterocycles. The number of unbranched alkanes of at least 4 members (excludes halogenated alkanes) is 8. The van der Waals surface area contributed by atoms with Crippen LogP contribution < -0.4 is 0 Å². The first kappa shape index (κ1) is 73.2. The smallest absolute Gasteiger partial charge is 0.146 e. The van der Waals surface area contributed by atoms with Crippen LogP contribution in [0.5, 0.6) is 0 Å². The standard InChI is InChI=1S/C97H98N8Si/c1-11-15-20-28-74-82-48-56-90(98-82)78(44-40-69-26-24-19-25-27-69)91-57-49-83(99-91)75(29-21-16-12-2)85-51-59-93(101-85)79(92-58-50-84(74)100-92)45-41-70-32-34-71(35-33-70)42-46-80-94-60-52-86(102-94)76(30-22-17-13-3)88-54-62-96(104-88)81(97-63-55-89(105-97)77(31-23-18-14-4)87-53-61-95(80)103-87)47-43-72-36-38-73(39-37-72)64-65-106(66(5)6,67(7)8)68(9)10/h19,24-27,32-39,48-63,66-68,98-99,102-103H,11-18,20-23,28-31H2,1-10H3. The van der Waals surface area contributed by atoms with E-state index in [-0.39, 0.29) is 0 Å². The van der Waals surface area contributed by atoms with Crippen molar-refractivity contribution in [2.24, 2.45) is 0 Å². The zero-order valence-corrected chi connectivity index (χ0v) is 64.6. The Morgan fingerprint density at radius 3 is 0.783 bits per heavy atom. The maximum atomic E-state index is 5.46. The molecule has 0 amide bonds. The lowest BCUT2D eigenvalue weighted by atomic mass is 10.1. The van der Waals surface area contributed by atoms with Gasteiger partial charge in [-0.25, -0.2) is 19.9 Å². The molecule has 16 bridgehead atoms. The Labute approximate surface area is 629 Å². The van der Waals surface area contributed by atoms with Crippen LogP contribution in [0.2, 0.25) is 16.6 Å². The highest BCUT2D eigenvalue weighted by Crippen LogP contribution is 2.41. The monoisotopic (exact) mass is 1400 g/mol. The topological polar surface area (TPSA) is 115 Å². The van der Waals surface area contributed by atoms with Gasteiger partial charge in [-0.2, -0.15) is 0 Å². The Bertz CT molecular complexity index is 5360. The van der Waals surface area contributed by atoms with E-state index in [1.165, 1.54) is 0 Å². The molecule has 0 fully saturated rings. The molecule has 0 spiro atoms. The summed E-state index contributed by atoms with van der Waals surface area (Å²) in [7, 11) is -1.89. The molecule has 530 valence electrons. The molecule has 9 heteroatoms. The number of benzene rings is 3. The summed E-state index contributed by atoms with van der Waals surface area (Å²) in [4.78, 5) is 37.3. The number of aromatic nitrogens is 8. The summed E-state index contributed by atoms with van der Waals surface area (Å²) in [6.07, 6.45) is 33.6. The second-order valence-corrected chi connectivity index (χ2v) is 35.0. The molecule has 0 unspecified atom stereocenters. The van der Waals surface area contributed by atoms with Gasteiger partial charge in [0.25, 0.3) is 0 Å². The van der Waals surface area contributed by atoms with Crippen LogP contribution in [0.25, 0.3) is 92.7 Å². The zero-order valence-electron chi connectivity index (χ0n) is 63.6. The largest absolute Gasteiger partial charge is 0.354 e. The normalized spacial score (nSPS) is 12.0. The highest BCUT2D eigenvalue weighted by atomic mass is 28.3. The minimum atomic E-state index is -1.89. The fraction of sp³-hybridized carbons (Fsp3) is 0.299. The fourth-order valence-corrected chi connectivity index (χ4v) is 20.6. The Balaban J connectivity index is 0.899. The first-order valence-corrected chi connectivity index (χ1v) is 41.2. The third-order valence-corrected chi connectivity index (χ3v) is 27.5. The van der Waals surface area contributed by atoms with Crippen molar-refractivity contribution in [2.45, 2.75) is 189 Å². The highest BCUT2D eigenvalue weighted by Gasteiger charge is 2.41. The molecule has 0 atom stereocenters. The molecule has 10 heterocycles. The van der Waals surface area contributed by atoms with E-state index in [9.17, 15) is 0 Å². The molecule has 0 aliphatic carbocycles. The van der Waals surface area contributed by atoms with Gasteiger partial charge in [0.2, 0.25) is 0 Å². The summed E-state index contributed by atoms with van der Waals surface area (Å²) < 4.78 is 0. The van der Waals surface area contributed by atoms with Crippen LogP contribution in [-0.4, -0.2) is 47.9 Å². The molecule has 9 aromatic rings. The molecular weight excluding hydrogens is 1310 g/mol. The van der Waals surface area contributed by atoms with Crippen LogP contribution in [0.1, 0.15) is 264 Å². The summed E-state index contributed by atoms with van der Waals surface area (Å²) in [5.41, 5.74) is 33.0. The van der Waals surface area contributed by atoms with Gasteiger partial charge >= 0.3 is 0 Å². The molecule has 0 radical (unpaired) electrons. The molecule has 13 rings (SSSR count). The second kappa shape index (κ2) is 34.2. The van der Waals surface area contributed by atoms with Crippen molar-refractivity contribution in [1.29, 1.82) is 0 Å². The molecule has 106 heavy (non-hydrogen) atoms. The lowest BCUT2D eigenvalue weighted by Crippen LogP contribution is -2.43. The van der Waals surface area contributed by atoms with Crippen molar-refractivity contribution in [3.63, 3.8) is 0 Å². The summed E-state index contributed by atoms with van der Waals surface area (Å²) in [6.45, 7) is 23.2. The van der Waals surface area contributed by atoms with Gasteiger partial charge in [0, 0.05) is 72.1 Å². The predicted molar refractivity (Wildman–Crippen MR) is 452 cm³/mol. The zero-order chi connectivity index (χ0) is 73.5. The van der Waals surface area contributed by atoms with Crippen molar-refractivity contribution in [3.05, 3.63) is 245 Å². The number of H-pyrrole nitrogens is 4. The van der Waals surface area contributed by atoms with Gasteiger partial charge in [-0.15, -0.1) is 5.54 Å². The number of aryl methyl sites for hydroxylation is 4. The van der Waals surface area contributed by atoms with Gasteiger partial charge in [-0.1, -0.05) is 192 Å². The van der Waals surface area contributed by atoms with E-state index < -0.39 is 8.07 Å². The minimum Gasteiger partial charge on any atom is -0.354 e. The van der Waals surface area contributed by atoms with Crippen molar-refractivity contribution in [2.75, 3.05) is 0 Å². The Morgan fingerprint density at radius 1 is 0.264 bits per heavy atom. The highest BCUT2D eigenvalue weighted by molar-refractivity contribution is 6.90. The van der Waals surface area contributed by atoms with Crippen molar-refractivity contribution < 1.29 is 0 Å². The number of nitrogens with zero attached hydrogens (tertiary/aromatic N) is 4. The van der Waals surface area contributed by atoms with Crippen LogP contribution in [0.3, 0.4) is 0 Å². The van der Waals surface area contributed by atoms with Crippen LogP contribution >= 0.6 is 0 Å². The van der Waals surface area contributed by atoms with Crippen LogP contribution in [0.4, 0.5) is 0 Å². The number of nitrogens with one attached hydrogen (secondary N) is 4. The molecule has 8 nitrogen and oxygen atoms in total. The van der Waals surface area contributed by atoms with Crippen LogP contribution in [0, 0.1) is 58.8 Å². The maximum Gasteiger partial charge on any atom is 0.146 e. The number of aromatic amines is 4. The first-order valence-electron chi connectivity index (χ1n) is 39.0. The number of hydrogen-bond donors (Lipinski definition) is 4. The molecule has 6 aromatic heterocycles. The summed E-state index contributed by atoms with van der Waals surface area (Å²) in [5.74, 6) is 32.4. The van der Waals surface area contributed by atoms with Gasteiger partial charge < -0.3 is 19.9 Å². The molecule has 0 saturated carbocycles. The van der Waals surface area contributed by atoms with Gasteiger partial charge in [-0.3, -0.25) is 0 Å². The van der Waals surface area contributed by atoms with E-state index >= 15 is 0 Å². The van der Waals surface area contributed by atoms with E-state index in [4.69, 9.17) is 19.9 Å². The molecular formula is C97H98N8Si. The second-order valence-electron chi connectivity index (χ2n) is 29.4. The van der Waals surface area contributed by atoms with Crippen LogP contribution in [-0.2, 0) is 25.7 Å². The lowest BCUT2D eigenvalue weighted by molar-refractivity contribution is 0.717. The molecule has 3 aromatic carbocycles. The molecule has 4 aliphatic rings. The number of hydrogen-bond acceptors (Lipinski definition) is 4. The Hall–Kier alpha value is -11.1. The van der Waals surface area contributed by atoms with Crippen molar-refractivity contribution in [3.8, 4) is 58.8 Å². The number of rotatable bonds is 19. The van der Waals surface area contributed by atoms with Gasteiger partial charge in [0.1, 0.15) is 8.07 Å². The average Bonchev–Trinajstić information content (AvgIpc) is 1.55. The average molecular weight is 1400 g/mol. The number of fused-ring (bicyclic) bond motifs is 16. The van der Waals surface area contributed by atoms with Gasteiger partial charge in [0.15, 0.2) is 0 Å². The summed E-state index contributed by atoms with van der Waals surface area (Å²) >= 11 is 0. The first-order chi connectivity index (χ1) is 51.8. The third kappa shape index (κ3) is 16.7. The van der Waals surface area contributed by atoms with Crippen molar-refractivity contribution >= 4 is 101 Å². The van der Waals surface area contributed by atoms with E-state index in [1.54, 1.807) is 0 Å². The van der Waals surface area contributed by atoms with E-state index in [1.807, 2.05) is 18.2 Å². The fourth-order valence-electron chi connectivity index (χ4n) is 15.4. The Kier molecular flexibility index (Phi) is 23.6. The van der Waals surface area contributed by atoms with E-state index in [2.05, 4.69) is 306 Å². The summed E-state index contributed by atoms with van der Waals surface area (Å²) in [6, 6.07) is 44.5. The minimum absolute atomic E-state index is 0.568. The Morgan fingerprint density at radius 2 is 0.509 bits per heavy atom. The molecule has 4 N–H and O–H groups in total. The van der Waals surface area contributed by atoms with Crippen LogP contribution in [0.15, 0.2) is 127 Å². The maximum absolute atomic E-state index is 5.46. The summed E-state index contributed by atoms with van der Waals surface area (Å²) in [5, 5.41) is 0. The predicted octanol–water partition coefficient (Wildman–Crippen LogP) is 23.7.